The molecule has 5 nitrogen and oxygen atoms in total. The Morgan fingerprint density at radius 3 is 2.33 bits per heavy atom. The van der Waals surface area contributed by atoms with E-state index < -0.39 is 22.0 Å². The zero-order valence-corrected chi connectivity index (χ0v) is 19.3. The molecular weight excluding hydrogens is 459 g/mol. The minimum Gasteiger partial charge on any atom is -0.340 e. The number of carbonyl (C=O) groups excluding carboxylic acids is 1. The maximum Gasteiger partial charge on any atom is 0.264 e. The van der Waals surface area contributed by atoms with Crippen molar-refractivity contribution in [3.05, 3.63) is 118 Å². The Hall–Kier alpha value is -3.49. The van der Waals surface area contributed by atoms with Gasteiger partial charge in [-0.3, -0.25) is 9.10 Å². The highest BCUT2D eigenvalue weighted by Gasteiger charge is 2.24. The van der Waals surface area contributed by atoms with Crippen LogP contribution in [-0.2, 0) is 10.0 Å². The van der Waals surface area contributed by atoms with Gasteiger partial charge in [-0.25, -0.2) is 12.8 Å². The van der Waals surface area contributed by atoms with Crippen LogP contribution in [0.4, 0.5) is 10.1 Å². The van der Waals surface area contributed by atoms with E-state index in [0.717, 1.165) is 10.4 Å². The lowest BCUT2D eigenvalue weighted by Crippen LogP contribution is -2.30. The molecule has 0 bridgehead atoms. The highest BCUT2D eigenvalue weighted by Crippen LogP contribution is 2.27. The van der Waals surface area contributed by atoms with Crippen LogP contribution in [0.3, 0.4) is 0 Å². The zero-order valence-electron chi connectivity index (χ0n) is 17.7. The van der Waals surface area contributed by atoms with Gasteiger partial charge in [-0.1, -0.05) is 42.5 Å². The molecule has 1 atom stereocenters. The molecule has 1 unspecified atom stereocenters. The summed E-state index contributed by atoms with van der Waals surface area (Å²) in [6.07, 6.45) is 0. The van der Waals surface area contributed by atoms with Gasteiger partial charge in [0.25, 0.3) is 15.9 Å². The van der Waals surface area contributed by atoms with E-state index in [4.69, 9.17) is 0 Å². The Morgan fingerprint density at radius 2 is 1.67 bits per heavy atom. The van der Waals surface area contributed by atoms with Crippen LogP contribution in [0.1, 0.15) is 26.8 Å². The molecule has 33 heavy (non-hydrogen) atoms. The number of anilines is 1. The second kappa shape index (κ2) is 9.56. The SMILES string of the molecule is CN(c1ccccc1)S(=O)(=O)c1cccc(C(=O)NC(c2ccc(F)cc2)c2cccs2)c1. The number of hydrogen-bond donors (Lipinski definition) is 1. The summed E-state index contributed by atoms with van der Waals surface area (Å²) in [6, 6.07) is 23.8. The molecule has 0 spiro atoms. The van der Waals surface area contributed by atoms with Gasteiger partial charge in [-0.15, -0.1) is 11.3 Å². The molecule has 0 fully saturated rings. The first-order valence-electron chi connectivity index (χ1n) is 10.1. The molecule has 0 radical (unpaired) electrons. The largest absolute Gasteiger partial charge is 0.340 e. The van der Waals surface area contributed by atoms with Crippen LogP contribution in [-0.4, -0.2) is 21.4 Å². The van der Waals surface area contributed by atoms with Gasteiger partial charge in [-0.05, 0) is 59.5 Å². The van der Waals surface area contributed by atoms with Crippen molar-refractivity contribution in [2.24, 2.45) is 0 Å². The molecule has 0 aliphatic rings. The van der Waals surface area contributed by atoms with Gasteiger partial charge in [0.2, 0.25) is 0 Å². The van der Waals surface area contributed by atoms with Crippen LogP contribution in [0.15, 0.2) is 101 Å². The van der Waals surface area contributed by atoms with Gasteiger partial charge in [0.1, 0.15) is 5.82 Å². The van der Waals surface area contributed by atoms with Gasteiger partial charge < -0.3 is 5.32 Å². The van der Waals surface area contributed by atoms with Crippen molar-refractivity contribution in [2.45, 2.75) is 10.9 Å². The molecule has 0 saturated heterocycles. The van der Waals surface area contributed by atoms with Gasteiger partial charge in [-0.2, -0.15) is 0 Å². The topological polar surface area (TPSA) is 66.5 Å². The van der Waals surface area contributed by atoms with Crippen LogP contribution >= 0.6 is 11.3 Å². The van der Waals surface area contributed by atoms with E-state index in [-0.39, 0.29) is 16.3 Å². The Balaban J connectivity index is 1.62. The summed E-state index contributed by atoms with van der Waals surface area (Å²) in [5.74, 6) is -0.799. The molecule has 1 aromatic heterocycles. The summed E-state index contributed by atoms with van der Waals surface area (Å²) in [6.45, 7) is 0. The number of benzene rings is 3. The maximum absolute atomic E-state index is 13.4. The lowest BCUT2D eigenvalue weighted by molar-refractivity contribution is 0.0943. The fourth-order valence-electron chi connectivity index (χ4n) is 3.38. The number of nitrogens with one attached hydrogen (secondary N) is 1. The lowest BCUT2D eigenvalue weighted by Gasteiger charge is -2.20. The highest BCUT2D eigenvalue weighted by molar-refractivity contribution is 7.92. The highest BCUT2D eigenvalue weighted by atomic mass is 32.2. The molecule has 0 aliphatic carbocycles. The first-order valence-corrected chi connectivity index (χ1v) is 12.4. The minimum atomic E-state index is -3.86. The Bertz CT molecular complexity index is 1340. The summed E-state index contributed by atoms with van der Waals surface area (Å²) in [5.41, 5.74) is 1.45. The van der Waals surface area contributed by atoms with Crippen molar-refractivity contribution >= 4 is 33.0 Å². The molecule has 3 aromatic carbocycles. The number of sulfonamides is 1. The Labute approximate surface area is 196 Å². The number of halogens is 1. The molecule has 1 heterocycles. The summed E-state index contributed by atoms with van der Waals surface area (Å²) in [4.78, 5) is 14.0. The standard InChI is InChI=1S/C25H21FN2O3S2/c1-28(21-8-3-2-4-9-21)33(30,31)22-10-5-7-19(17-22)25(29)27-24(23-11-6-16-32-23)18-12-14-20(26)15-13-18/h2-17,24H,1H3,(H,27,29). The lowest BCUT2D eigenvalue weighted by atomic mass is 10.0. The summed E-state index contributed by atoms with van der Waals surface area (Å²) < 4.78 is 40.9. The monoisotopic (exact) mass is 480 g/mol. The molecule has 4 aromatic rings. The second-order valence-corrected chi connectivity index (χ2v) is 10.3. The van der Waals surface area contributed by atoms with E-state index >= 15 is 0 Å². The molecule has 168 valence electrons. The number of para-hydroxylation sites is 1. The number of hydrogen-bond acceptors (Lipinski definition) is 4. The first-order chi connectivity index (χ1) is 15.9. The van der Waals surface area contributed by atoms with Gasteiger partial charge in [0.15, 0.2) is 0 Å². The fraction of sp³-hybridized carbons (Fsp3) is 0.0800. The number of carbonyl (C=O) groups is 1. The van der Waals surface area contributed by atoms with Gasteiger partial charge in [0, 0.05) is 17.5 Å². The third kappa shape index (κ3) is 4.97. The van der Waals surface area contributed by atoms with E-state index in [1.807, 2.05) is 17.5 Å². The van der Waals surface area contributed by atoms with E-state index in [1.165, 1.54) is 47.0 Å². The number of thiophene rings is 1. The van der Waals surface area contributed by atoms with Gasteiger partial charge in [0.05, 0.1) is 16.6 Å². The third-order valence-corrected chi connectivity index (χ3v) is 7.90. The average Bonchev–Trinajstić information content (AvgIpc) is 3.38. The average molecular weight is 481 g/mol. The van der Waals surface area contributed by atoms with E-state index in [1.54, 1.807) is 54.6 Å². The predicted octanol–water partition coefficient (Wildman–Crippen LogP) is 5.23. The van der Waals surface area contributed by atoms with Crippen molar-refractivity contribution in [3.63, 3.8) is 0 Å². The molecule has 0 aliphatic heterocycles. The quantitative estimate of drug-likeness (QED) is 0.394. The van der Waals surface area contributed by atoms with Crippen molar-refractivity contribution < 1.29 is 17.6 Å². The number of nitrogens with zero attached hydrogens (tertiary/aromatic N) is 1. The van der Waals surface area contributed by atoms with E-state index in [2.05, 4.69) is 5.32 Å². The zero-order chi connectivity index (χ0) is 23.4. The number of rotatable bonds is 7. The third-order valence-electron chi connectivity index (χ3n) is 5.18. The normalized spacial score (nSPS) is 12.2. The molecule has 0 saturated carbocycles. The molecular formula is C25H21FN2O3S2. The predicted molar refractivity (Wildman–Crippen MR) is 129 cm³/mol. The van der Waals surface area contributed by atoms with Crippen LogP contribution in [0.5, 0.6) is 0 Å². The summed E-state index contributed by atoms with van der Waals surface area (Å²) in [7, 11) is -2.39. The van der Waals surface area contributed by atoms with Crippen molar-refractivity contribution in [1.29, 1.82) is 0 Å². The van der Waals surface area contributed by atoms with Crippen molar-refractivity contribution in [2.75, 3.05) is 11.4 Å². The molecule has 8 heteroatoms. The summed E-state index contributed by atoms with van der Waals surface area (Å²) in [5, 5.41) is 4.85. The minimum absolute atomic E-state index is 0.0101. The van der Waals surface area contributed by atoms with Crippen LogP contribution in [0, 0.1) is 5.82 Å². The van der Waals surface area contributed by atoms with Crippen molar-refractivity contribution in [1.82, 2.24) is 5.32 Å². The Kier molecular flexibility index (Phi) is 6.57. The van der Waals surface area contributed by atoms with Crippen LogP contribution < -0.4 is 9.62 Å². The van der Waals surface area contributed by atoms with E-state index in [0.29, 0.717) is 5.69 Å². The van der Waals surface area contributed by atoms with E-state index in [9.17, 15) is 17.6 Å². The molecule has 4 rings (SSSR count). The summed E-state index contributed by atoms with van der Waals surface area (Å²) >= 11 is 1.47. The van der Waals surface area contributed by atoms with Crippen molar-refractivity contribution in [3.8, 4) is 0 Å². The smallest absolute Gasteiger partial charge is 0.264 e. The molecule has 1 N–H and O–H groups in total. The second-order valence-electron chi connectivity index (χ2n) is 7.31. The van der Waals surface area contributed by atoms with Crippen LogP contribution in [0.2, 0.25) is 0 Å². The Morgan fingerprint density at radius 1 is 0.939 bits per heavy atom. The molecule has 1 amide bonds. The number of amides is 1. The first kappa shape index (κ1) is 22.7. The van der Waals surface area contributed by atoms with Crippen LogP contribution in [0.25, 0.3) is 0 Å². The fourth-order valence-corrected chi connectivity index (χ4v) is 5.42. The van der Waals surface area contributed by atoms with Gasteiger partial charge >= 0.3 is 0 Å². The maximum atomic E-state index is 13.4.